The smallest absolute Gasteiger partial charge is 0.257 e. The third-order valence-electron chi connectivity index (χ3n) is 4.97. The van der Waals surface area contributed by atoms with Crippen molar-refractivity contribution in [1.82, 2.24) is 9.97 Å². The van der Waals surface area contributed by atoms with Crippen molar-refractivity contribution in [2.45, 2.75) is 36.6 Å². The molecule has 4 rings (SSSR count). The topological polar surface area (TPSA) is 84.1 Å². The second-order valence-corrected chi connectivity index (χ2v) is 8.23. The van der Waals surface area contributed by atoms with Gasteiger partial charge in [-0.2, -0.15) is 0 Å². The van der Waals surface area contributed by atoms with Crippen LogP contribution in [0.2, 0.25) is 0 Å². The lowest BCUT2D eigenvalue weighted by Crippen LogP contribution is -2.31. The Kier molecular flexibility index (Phi) is 6.36. The molecule has 0 radical (unpaired) electrons. The molecule has 2 N–H and O–H groups in total. The van der Waals surface area contributed by atoms with Crippen molar-refractivity contribution in [1.29, 1.82) is 0 Å². The zero-order chi connectivity index (χ0) is 21.8. The monoisotopic (exact) mass is 439 g/mol. The molecule has 6 nitrogen and oxygen atoms in total. The van der Waals surface area contributed by atoms with Crippen LogP contribution in [0.3, 0.4) is 0 Å². The Hall–Kier alpha value is -3.13. The Labute approximate surface area is 183 Å². The first-order valence-corrected chi connectivity index (χ1v) is 11.1. The fourth-order valence-corrected chi connectivity index (χ4v) is 4.27. The second-order valence-electron chi connectivity index (χ2n) is 7.27. The van der Waals surface area contributed by atoms with Gasteiger partial charge < -0.3 is 15.0 Å². The predicted octanol–water partition coefficient (Wildman–Crippen LogP) is 4.46. The highest BCUT2D eigenvalue weighted by atomic mass is 32.2. The molecular formula is C23H22FN3O3S. The fourth-order valence-electron chi connectivity index (χ4n) is 3.45. The van der Waals surface area contributed by atoms with E-state index in [0.29, 0.717) is 23.1 Å². The van der Waals surface area contributed by atoms with Crippen LogP contribution < -0.4 is 15.6 Å². The lowest BCUT2D eigenvalue weighted by molar-refractivity contribution is -0.116. The number of nitrogens with one attached hydrogen (secondary N) is 2. The van der Waals surface area contributed by atoms with Crippen LogP contribution in [0.1, 0.15) is 42.4 Å². The van der Waals surface area contributed by atoms with Gasteiger partial charge in [0.15, 0.2) is 5.16 Å². The Morgan fingerprint density at radius 1 is 1.13 bits per heavy atom. The summed E-state index contributed by atoms with van der Waals surface area (Å²) in [5.74, 6) is 0.697. The number of carbonyl (C=O) groups excluding carboxylic acids is 1. The SMILES string of the molecule is CCCOc1ccc(C2CC(=O)Nc3nc(SCc4ccc(F)cc4)[nH]c(=O)c32)cc1. The van der Waals surface area contributed by atoms with Crippen LogP contribution in [-0.4, -0.2) is 22.5 Å². The summed E-state index contributed by atoms with van der Waals surface area (Å²) in [5.41, 5.74) is 1.94. The first-order chi connectivity index (χ1) is 15.0. The normalized spacial score (nSPS) is 15.3. The highest BCUT2D eigenvalue weighted by Crippen LogP contribution is 2.35. The van der Waals surface area contributed by atoms with E-state index in [1.165, 1.54) is 23.9 Å². The molecule has 3 aromatic rings. The Morgan fingerprint density at radius 3 is 2.58 bits per heavy atom. The Morgan fingerprint density at radius 2 is 1.87 bits per heavy atom. The molecule has 1 aromatic heterocycles. The number of anilines is 1. The minimum Gasteiger partial charge on any atom is -0.494 e. The average Bonchev–Trinajstić information content (AvgIpc) is 2.77. The van der Waals surface area contributed by atoms with Gasteiger partial charge in [0.05, 0.1) is 12.2 Å². The third kappa shape index (κ3) is 4.96. The largest absolute Gasteiger partial charge is 0.494 e. The predicted molar refractivity (Wildman–Crippen MR) is 118 cm³/mol. The number of fused-ring (bicyclic) bond motifs is 1. The second kappa shape index (κ2) is 9.34. The molecule has 1 unspecified atom stereocenters. The third-order valence-corrected chi connectivity index (χ3v) is 5.92. The van der Waals surface area contributed by atoms with Crippen molar-refractivity contribution in [2.24, 2.45) is 0 Å². The summed E-state index contributed by atoms with van der Waals surface area (Å²) in [6.07, 6.45) is 1.09. The summed E-state index contributed by atoms with van der Waals surface area (Å²) >= 11 is 1.32. The Balaban J connectivity index is 1.58. The first kappa shape index (κ1) is 21.1. The minimum absolute atomic E-state index is 0.176. The number of benzene rings is 2. The van der Waals surface area contributed by atoms with Crippen LogP contribution in [0.25, 0.3) is 0 Å². The molecule has 0 aliphatic carbocycles. The van der Waals surface area contributed by atoms with E-state index >= 15 is 0 Å². The van der Waals surface area contributed by atoms with Crippen molar-refractivity contribution in [3.63, 3.8) is 0 Å². The van der Waals surface area contributed by atoms with Gasteiger partial charge in [-0.25, -0.2) is 9.37 Å². The van der Waals surface area contributed by atoms with Gasteiger partial charge in [0.1, 0.15) is 17.4 Å². The van der Waals surface area contributed by atoms with E-state index in [9.17, 15) is 14.0 Å². The maximum Gasteiger partial charge on any atom is 0.257 e. The highest BCUT2D eigenvalue weighted by Gasteiger charge is 2.31. The zero-order valence-corrected chi connectivity index (χ0v) is 17.8. The van der Waals surface area contributed by atoms with E-state index in [4.69, 9.17) is 4.74 Å². The van der Waals surface area contributed by atoms with E-state index in [1.807, 2.05) is 31.2 Å². The molecule has 1 amide bonds. The van der Waals surface area contributed by atoms with Gasteiger partial charge in [-0.15, -0.1) is 0 Å². The zero-order valence-electron chi connectivity index (χ0n) is 17.0. The lowest BCUT2D eigenvalue weighted by Gasteiger charge is -2.24. The van der Waals surface area contributed by atoms with Gasteiger partial charge in [-0.3, -0.25) is 9.59 Å². The van der Waals surface area contributed by atoms with Gasteiger partial charge in [0, 0.05) is 18.1 Å². The number of carbonyl (C=O) groups is 1. The first-order valence-electron chi connectivity index (χ1n) is 10.1. The number of ether oxygens (including phenoxy) is 1. The van der Waals surface area contributed by atoms with Crippen LogP contribution in [-0.2, 0) is 10.5 Å². The van der Waals surface area contributed by atoms with Gasteiger partial charge >= 0.3 is 0 Å². The van der Waals surface area contributed by atoms with E-state index < -0.39 is 0 Å². The van der Waals surface area contributed by atoms with Crippen LogP contribution in [0.15, 0.2) is 58.5 Å². The van der Waals surface area contributed by atoms with Gasteiger partial charge in [-0.05, 0) is 41.8 Å². The maximum absolute atomic E-state index is 13.1. The van der Waals surface area contributed by atoms with E-state index in [-0.39, 0.29) is 35.4 Å². The molecule has 0 spiro atoms. The molecule has 160 valence electrons. The number of nitrogens with zero attached hydrogens (tertiary/aromatic N) is 1. The quantitative estimate of drug-likeness (QED) is 0.419. The van der Waals surface area contributed by atoms with E-state index in [1.54, 1.807) is 12.1 Å². The molecule has 1 aliphatic heterocycles. The molecule has 0 saturated heterocycles. The summed E-state index contributed by atoms with van der Waals surface area (Å²) in [5, 5.41) is 3.13. The van der Waals surface area contributed by atoms with Crippen molar-refractivity contribution >= 4 is 23.5 Å². The van der Waals surface area contributed by atoms with E-state index in [0.717, 1.165) is 23.3 Å². The molecule has 1 atom stereocenters. The lowest BCUT2D eigenvalue weighted by atomic mass is 9.87. The van der Waals surface area contributed by atoms with Gasteiger partial charge in [0.2, 0.25) is 5.91 Å². The van der Waals surface area contributed by atoms with Crippen molar-refractivity contribution in [2.75, 3.05) is 11.9 Å². The number of halogens is 1. The molecule has 2 heterocycles. The van der Waals surface area contributed by atoms with Crippen molar-refractivity contribution < 1.29 is 13.9 Å². The molecular weight excluding hydrogens is 417 g/mol. The van der Waals surface area contributed by atoms with Gasteiger partial charge in [-0.1, -0.05) is 43.0 Å². The standard InChI is InChI=1S/C23H22FN3O3S/c1-2-11-30-17-9-5-15(6-10-17)18-12-19(28)25-21-20(18)22(29)27-23(26-21)31-13-14-3-7-16(24)8-4-14/h3-10,18H,2,11-13H2,1H3,(H2,25,26,27,28,29). The Bertz CT molecular complexity index is 1130. The van der Waals surface area contributed by atoms with Crippen LogP contribution in [0, 0.1) is 5.82 Å². The molecule has 8 heteroatoms. The number of hydrogen-bond acceptors (Lipinski definition) is 5. The maximum atomic E-state index is 13.1. The molecule has 0 saturated carbocycles. The summed E-state index contributed by atoms with van der Waals surface area (Å²) in [6, 6.07) is 13.6. The number of aromatic amines is 1. The molecule has 0 bridgehead atoms. The van der Waals surface area contributed by atoms with Gasteiger partial charge in [0.25, 0.3) is 5.56 Å². The fraction of sp³-hybridized carbons (Fsp3) is 0.261. The summed E-state index contributed by atoms with van der Waals surface area (Å²) in [7, 11) is 0. The van der Waals surface area contributed by atoms with Crippen LogP contribution >= 0.6 is 11.8 Å². The van der Waals surface area contributed by atoms with Crippen molar-refractivity contribution in [3.05, 3.63) is 81.4 Å². The van der Waals surface area contributed by atoms with E-state index in [2.05, 4.69) is 15.3 Å². The number of amides is 1. The van der Waals surface area contributed by atoms with Crippen molar-refractivity contribution in [3.8, 4) is 5.75 Å². The molecule has 2 aromatic carbocycles. The number of hydrogen-bond donors (Lipinski definition) is 2. The number of H-pyrrole nitrogens is 1. The summed E-state index contributed by atoms with van der Waals surface area (Å²) < 4.78 is 18.7. The average molecular weight is 440 g/mol. The molecule has 0 fully saturated rings. The molecule has 1 aliphatic rings. The molecule has 31 heavy (non-hydrogen) atoms. The van der Waals surface area contributed by atoms with Crippen LogP contribution in [0.5, 0.6) is 5.75 Å². The number of thioether (sulfide) groups is 1. The summed E-state index contributed by atoms with van der Waals surface area (Å²) in [4.78, 5) is 32.5. The number of aromatic nitrogens is 2. The minimum atomic E-state index is -0.378. The highest BCUT2D eigenvalue weighted by molar-refractivity contribution is 7.98. The van der Waals surface area contributed by atoms with Crippen LogP contribution in [0.4, 0.5) is 10.2 Å². The number of rotatable bonds is 7. The summed E-state index contributed by atoms with van der Waals surface area (Å²) in [6.45, 7) is 2.67.